The van der Waals surface area contributed by atoms with Crippen molar-refractivity contribution < 1.29 is 27.5 Å². The minimum atomic E-state index is -4.01. The highest BCUT2D eigenvalue weighted by Gasteiger charge is 2.33. The van der Waals surface area contributed by atoms with Gasteiger partial charge in [0, 0.05) is 23.6 Å². The van der Waals surface area contributed by atoms with Crippen LogP contribution in [0.4, 0.5) is 0 Å². The number of benzene rings is 2. The molecule has 0 radical (unpaired) electrons. The lowest BCUT2D eigenvalue weighted by molar-refractivity contribution is -0.145. The van der Waals surface area contributed by atoms with Crippen LogP contribution >= 0.6 is 0 Å². The van der Waals surface area contributed by atoms with Crippen LogP contribution in [0.3, 0.4) is 0 Å². The Morgan fingerprint density at radius 3 is 2.32 bits per heavy atom. The number of unbranched alkanes of at least 4 members (excludes halogenated alkanes) is 2. The van der Waals surface area contributed by atoms with Crippen LogP contribution in [0.25, 0.3) is 10.9 Å². The molecule has 1 amide bonds. The van der Waals surface area contributed by atoms with Crippen LogP contribution in [0.1, 0.15) is 49.9 Å². The van der Waals surface area contributed by atoms with Crippen LogP contribution in [0.5, 0.6) is 0 Å². The van der Waals surface area contributed by atoms with Crippen LogP contribution in [-0.4, -0.2) is 42.7 Å². The summed E-state index contributed by atoms with van der Waals surface area (Å²) >= 11 is 0. The molecule has 3 rings (SSSR count). The van der Waals surface area contributed by atoms with Gasteiger partial charge in [-0.25, -0.2) is 17.2 Å². The molecule has 1 N–H and O–H groups in total. The minimum Gasteiger partial charge on any atom is -0.464 e. The summed E-state index contributed by atoms with van der Waals surface area (Å²) < 4.78 is 32.7. The van der Waals surface area contributed by atoms with E-state index in [2.05, 4.69) is 5.32 Å². The van der Waals surface area contributed by atoms with E-state index in [1.54, 1.807) is 49.4 Å². The van der Waals surface area contributed by atoms with E-state index in [0.717, 1.165) is 16.8 Å². The largest absolute Gasteiger partial charge is 0.464 e. The standard InChI is InChI=1S/C25H28N2O6S/c1-3-5-7-16-22(28)26-23(25(30)33-4-2)24(29)20-17-27(21-15-11-10-14-19(20)21)34(31,32)18-12-8-6-9-13-18/h6,8-15,17,23H,3-5,7,16H2,1-2H3,(H,26,28). The Hall–Kier alpha value is -3.46. The van der Waals surface area contributed by atoms with Gasteiger partial charge in [0.1, 0.15) is 0 Å². The second kappa shape index (κ2) is 11.1. The molecular formula is C25H28N2O6S. The maximum Gasteiger partial charge on any atom is 0.336 e. The molecule has 1 heterocycles. The number of rotatable bonds is 11. The van der Waals surface area contributed by atoms with E-state index in [-0.39, 0.29) is 29.0 Å². The first-order valence-corrected chi connectivity index (χ1v) is 12.7. The third-order valence-corrected chi connectivity index (χ3v) is 7.03. The van der Waals surface area contributed by atoms with Crippen molar-refractivity contribution in [3.05, 3.63) is 66.4 Å². The molecule has 0 saturated carbocycles. The van der Waals surface area contributed by atoms with E-state index >= 15 is 0 Å². The smallest absolute Gasteiger partial charge is 0.336 e. The van der Waals surface area contributed by atoms with E-state index in [1.807, 2.05) is 6.92 Å². The number of aromatic nitrogens is 1. The van der Waals surface area contributed by atoms with Crippen molar-refractivity contribution in [3.63, 3.8) is 0 Å². The molecule has 0 aliphatic rings. The predicted octanol–water partition coefficient (Wildman–Crippen LogP) is 3.69. The van der Waals surface area contributed by atoms with Gasteiger partial charge < -0.3 is 10.1 Å². The van der Waals surface area contributed by atoms with Gasteiger partial charge in [0.25, 0.3) is 10.0 Å². The first-order valence-electron chi connectivity index (χ1n) is 11.2. The Morgan fingerprint density at radius 1 is 0.971 bits per heavy atom. The van der Waals surface area contributed by atoms with Crippen molar-refractivity contribution in [1.29, 1.82) is 0 Å². The molecule has 1 atom stereocenters. The van der Waals surface area contributed by atoms with Crippen molar-refractivity contribution in [1.82, 2.24) is 9.29 Å². The third-order valence-electron chi connectivity index (χ3n) is 5.34. The van der Waals surface area contributed by atoms with Crippen LogP contribution in [0.2, 0.25) is 0 Å². The van der Waals surface area contributed by atoms with Gasteiger partial charge in [-0.2, -0.15) is 0 Å². The molecule has 180 valence electrons. The lowest BCUT2D eigenvalue weighted by Crippen LogP contribution is -2.47. The normalized spacial score (nSPS) is 12.3. The van der Waals surface area contributed by atoms with E-state index in [0.29, 0.717) is 11.8 Å². The summed E-state index contributed by atoms with van der Waals surface area (Å²) in [5, 5.41) is 2.83. The van der Waals surface area contributed by atoms with Gasteiger partial charge >= 0.3 is 5.97 Å². The number of esters is 1. The molecule has 0 saturated heterocycles. The van der Waals surface area contributed by atoms with Gasteiger partial charge in [0.05, 0.1) is 17.0 Å². The first kappa shape index (κ1) is 25.2. The maximum atomic E-state index is 13.5. The lowest BCUT2D eigenvalue weighted by Gasteiger charge is -2.16. The number of ketones is 1. The average molecular weight is 485 g/mol. The third kappa shape index (κ3) is 5.36. The number of amides is 1. The zero-order valence-electron chi connectivity index (χ0n) is 19.2. The fourth-order valence-corrected chi connectivity index (χ4v) is 5.02. The number of hydrogen-bond donors (Lipinski definition) is 1. The highest BCUT2D eigenvalue weighted by molar-refractivity contribution is 7.90. The number of hydrogen-bond acceptors (Lipinski definition) is 6. The SMILES string of the molecule is CCCCCC(=O)NC(C(=O)OCC)C(=O)c1cn(S(=O)(=O)c2ccccc2)c2ccccc12. The molecule has 8 nitrogen and oxygen atoms in total. The molecular weight excluding hydrogens is 456 g/mol. The molecule has 34 heavy (non-hydrogen) atoms. The maximum absolute atomic E-state index is 13.5. The van der Waals surface area contributed by atoms with Gasteiger partial charge in [-0.1, -0.05) is 56.2 Å². The fourth-order valence-electron chi connectivity index (χ4n) is 3.63. The summed E-state index contributed by atoms with van der Waals surface area (Å²) in [5.41, 5.74) is 0.286. The summed E-state index contributed by atoms with van der Waals surface area (Å²) in [6, 6.07) is 12.8. The summed E-state index contributed by atoms with van der Waals surface area (Å²) in [6.07, 6.45) is 3.76. The van der Waals surface area contributed by atoms with E-state index in [9.17, 15) is 22.8 Å². The van der Waals surface area contributed by atoms with Gasteiger partial charge in [-0.15, -0.1) is 0 Å². The number of nitrogens with one attached hydrogen (secondary N) is 1. The van der Waals surface area contributed by atoms with Crippen LogP contribution in [0, 0.1) is 0 Å². The lowest BCUT2D eigenvalue weighted by atomic mass is 10.0. The molecule has 1 aromatic heterocycles. The molecule has 0 spiro atoms. The predicted molar refractivity (Wildman–Crippen MR) is 128 cm³/mol. The molecule has 0 fully saturated rings. The number of para-hydroxylation sites is 1. The van der Waals surface area contributed by atoms with Crippen molar-refractivity contribution in [2.24, 2.45) is 0 Å². The Bertz CT molecular complexity index is 1280. The van der Waals surface area contributed by atoms with Crippen molar-refractivity contribution in [2.45, 2.75) is 50.5 Å². The Labute approximate surface area is 199 Å². The number of nitrogens with zero attached hydrogens (tertiary/aromatic N) is 1. The second-order valence-corrected chi connectivity index (χ2v) is 9.56. The number of fused-ring (bicyclic) bond motifs is 1. The number of carbonyl (C=O) groups excluding carboxylic acids is 3. The van der Waals surface area contributed by atoms with Crippen LogP contribution in [0.15, 0.2) is 65.7 Å². The summed E-state index contributed by atoms with van der Waals surface area (Å²) in [5.74, 6) is -2.07. The Kier molecular flexibility index (Phi) is 8.22. The topological polar surface area (TPSA) is 112 Å². The molecule has 1 unspecified atom stereocenters. The highest BCUT2D eigenvalue weighted by atomic mass is 32.2. The zero-order valence-corrected chi connectivity index (χ0v) is 20.0. The average Bonchev–Trinajstić information content (AvgIpc) is 3.23. The van der Waals surface area contributed by atoms with E-state index in [4.69, 9.17) is 4.74 Å². The van der Waals surface area contributed by atoms with Crippen LogP contribution < -0.4 is 5.32 Å². The summed E-state index contributed by atoms with van der Waals surface area (Å²) in [4.78, 5) is 38.6. The summed E-state index contributed by atoms with van der Waals surface area (Å²) in [7, 11) is -4.01. The number of carbonyl (C=O) groups is 3. The highest BCUT2D eigenvalue weighted by Crippen LogP contribution is 2.27. The monoisotopic (exact) mass is 484 g/mol. The molecule has 0 bridgehead atoms. The Morgan fingerprint density at radius 2 is 1.65 bits per heavy atom. The summed E-state index contributed by atoms with van der Waals surface area (Å²) in [6.45, 7) is 3.63. The molecule has 3 aromatic rings. The molecule has 9 heteroatoms. The van der Waals surface area contributed by atoms with Crippen LogP contribution in [-0.2, 0) is 24.3 Å². The van der Waals surface area contributed by atoms with Gasteiger partial charge in [0.15, 0.2) is 11.8 Å². The van der Waals surface area contributed by atoms with E-state index in [1.165, 1.54) is 18.3 Å². The first-order chi connectivity index (χ1) is 16.3. The van der Waals surface area contributed by atoms with Gasteiger partial charge in [0.2, 0.25) is 5.91 Å². The second-order valence-electron chi connectivity index (χ2n) is 7.75. The molecule has 2 aromatic carbocycles. The Balaban J connectivity index is 2.04. The molecule has 0 aliphatic carbocycles. The molecule has 0 aliphatic heterocycles. The van der Waals surface area contributed by atoms with Crippen molar-refractivity contribution >= 4 is 38.6 Å². The number of Topliss-reactive ketones (excluding diaryl/α,β-unsaturated/α-hetero) is 1. The quantitative estimate of drug-likeness (QED) is 0.192. The van der Waals surface area contributed by atoms with Crippen molar-refractivity contribution in [2.75, 3.05) is 6.61 Å². The van der Waals surface area contributed by atoms with Gasteiger partial charge in [-0.05, 0) is 31.5 Å². The fraction of sp³-hybridized carbons (Fsp3) is 0.320. The zero-order chi connectivity index (χ0) is 24.7. The van der Waals surface area contributed by atoms with Gasteiger partial charge in [-0.3, -0.25) is 9.59 Å². The van der Waals surface area contributed by atoms with E-state index < -0.39 is 33.7 Å². The van der Waals surface area contributed by atoms with Crippen molar-refractivity contribution in [3.8, 4) is 0 Å². The number of ether oxygens (including phenoxy) is 1. The minimum absolute atomic E-state index is 0.00187.